The molecule has 3 aromatic heterocycles. The topological polar surface area (TPSA) is 80.9 Å². The number of nitrogens with one attached hydrogen (secondary N) is 1. The van der Waals surface area contributed by atoms with Gasteiger partial charge in [0.2, 0.25) is 0 Å². The van der Waals surface area contributed by atoms with Gasteiger partial charge in [-0.25, -0.2) is 4.98 Å². The van der Waals surface area contributed by atoms with Crippen LogP contribution < -0.4 is 5.32 Å². The van der Waals surface area contributed by atoms with Gasteiger partial charge in [0.1, 0.15) is 0 Å². The first-order chi connectivity index (χ1) is 12.9. The molecule has 1 amide bonds. The van der Waals surface area contributed by atoms with Crippen LogP contribution in [0.2, 0.25) is 0 Å². The van der Waals surface area contributed by atoms with Crippen LogP contribution in [0.15, 0.2) is 35.0 Å². The molecule has 0 aromatic carbocycles. The summed E-state index contributed by atoms with van der Waals surface area (Å²) in [5, 5.41) is 7.94. The summed E-state index contributed by atoms with van der Waals surface area (Å²) < 4.78 is 5.51. The summed E-state index contributed by atoms with van der Waals surface area (Å²) in [5.74, 6) is 0.279. The molecule has 140 valence electrons. The number of aromatic nitrogens is 3. The Kier molecular flexibility index (Phi) is 4.42. The average molecular weight is 364 g/mol. The van der Waals surface area contributed by atoms with E-state index >= 15 is 0 Å². The molecular weight excluding hydrogens is 340 g/mol. The molecule has 0 unspecified atom stereocenters. The smallest absolute Gasteiger partial charge is 0.259 e. The van der Waals surface area contributed by atoms with E-state index in [2.05, 4.69) is 41.2 Å². The third-order valence-electron chi connectivity index (χ3n) is 4.63. The summed E-state index contributed by atoms with van der Waals surface area (Å²) in [6.07, 6.45) is 4.65. The minimum absolute atomic E-state index is 0.0284. The molecule has 1 saturated carbocycles. The maximum Gasteiger partial charge on any atom is 0.259 e. The second-order valence-corrected chi connectivity index (χ2v) is 8.42. The summed E-state index contributed by atoms with van der Waals surface area (Å²) in [5.41, 5.74) is 3.61. The number of hydrogen-bond acceptors (Lipinski definition) is 5. The van der Waals surface area contributed by atoms with Gasteiger partial charge in [-0.05, 0) is 42.9 Å². The molecular formula is C21H24N4O2. The van der Waals surface area contributed by atoms with E-state index in [4.69, 9.17) is 4.52 Å². The zero-order valence-electron chi connectivity index (χ0n) is 16.0. The van der Waals surface area contributed by atoms with Crippen LogP contribution in [0, 0.1) is 5.41 Å². The molecule has 1 aliphatic rings. The maximum atomic E-state index is 13.0. The molecule has 6 heteroatoms. The van der Waals surface area contributed by atoms with Crippen LogP contribution in [0.25, 0.3) is 11.1 Å². The Morgan fingerprint density at radius 3 is 2.78 bits per heavy atom. The molecule has 4 rings (SSSR count). The summed E-state index contributed by atoms with van der Waals surface area (Å²) >= 11 is 0. The molecule has 3 heterocycles. The normalized spacial score (nSPS) is 14.5. The molecule has 0 radical (unpaired) electrons. The Labute approximate surface area is 158 Å². The van der Waals surface area contributed by atoms with Gasteiger partial charge in [0.05, 0.1) is 28.9 Å². The SMILES string of the molecule is CC(C)(C)Cc1noc2nc(C3CC3)cc(C(=O)NCc3ccccn3)c12. The lowest BCUT2D eigenvalue weighted by molar-refractivity contribution is 0.0951. The van der Waals surface area contributed by atoms with Gasteiger partial charge in [-0.2, -0.15) is 0 Å². The highest BCUT2D eigenvalue weighted by Crippen LogP contribution is 2.40. The van der Waals surface area contributed by atoms with E-state index in [0.717, 1.165) is 35.3 Å². The van der Waals surface area contributed by atoms with Crippen LogP contribution in [0.5, 0.6) is 0 Å². The van der Waals surface area contributed by atoms with Crippen LogP contribution in [0.3, 0.4) is 0 Å². The van der Waals surface area contributed by atoms with Crippen LogP contribution in [0.4, 0.5) is 0 Å². The highest BCUT2D eigenvalue weighted by molar-refractivity contribution is 6.06. The van der Waals surface area contributed by atoms with Crippen molar-refractivity contribution in [1.82, 2.24) is 20.4 Å². The lowest BCUT2D eigenvalue weighted by atomic mass is 9.89. The number of carbonyl (C=O) groups is 1. The fraction of sp³-hybridized carbons (Fsp3) is 0.429. The Hall–Kier alpha value is -2.76. The quantitative estimate of drug-likeness (QED) is 0.740. The Bertz CT molecular complexity index is 969. The third kappa shape index (κ3) is 3.99. The first kappa shape index (κ1) is 17.6. The van der Waals surface area contributed by atoms with Crippen molar-refractivity contribution < 1.29 is 9.32 Å². The second kappa shape index (κ2) is 6.76. The first-order valence-electron chi connectivity index (χ1n) is 9.38. The molecule has 1 N–H and O–H groups in total. The number of rotatable bonds is 5. The van der Waals surface area contributed by atoms with Crippen molar-refractivity contribution in [2.75, 3.05) is 0 Å². The summed E-state index contributed by atoms with van der Waals surface area (Å²) in [4.78, 5) is 21.9. The molecule has 1 fully saturated rings. The predicted molar refractivity (Wildman–Crippen MR) is 102 cm³/mol. The van der Waals surface area contributed by atoms with E-state index in [9.17, 15) is 4.79 Å². The van der Waals surface area contributed by atoms with Crippen molar-refractivity contribution in [1.29, 1.82) is 0 Å². The maximum absolute atomic E-state index is 13.0. The van der Waals surface area contributed by atoms with Crippen LogP contribution in [-0.4, -0.2) is 21.0 Å². The van der Waals surface area contributed by atoms with Crippen molar-refractivity contribution >= 4 is 17.0 Å². The molecule has 0 spiro atoms. The van der Waals surface area contributed by atoms with Gasteiger partial charge in [0, 0.05) is 17.8 Å². The average Bonchev–Trinajstić information content (AvgIpc) is 3.41. The molecule has 0 bridgehead atoms. The van der Waals surface area contributed by atoms with E-state index in [1.54, 1.807) is 6.20 Å². The number of amides is 1. The van der Waals surface area contributed by atoms with Gasteiger partial charge in [0.25, 0.3) is 11.6 Å². The fourth-order valence-electron chi connectivity index (χ4n) is 3.19. The van der Waals surface area contributed by atoms with Gasteiger partial charge >= 0.3 is 0 Å². The standard InChI is InChI=1S/C21H24N4O2/c1-21(2,3)11-17-18-15(19(26)23-12-14-6-4-5-9-22-14)10-16(13-7-8-13)24-20(18)27-25-17/h4-6,9-10,13H,7-8,11-12H2,1-3H3,(H,23,26). The predicted octanol–water partition coefficient (Wildman–Crippen LogP) is 4.01. The van der Waals surface area contributed by atoms with Gasteiger partial charge in [-0.1, -0.05) is 32.0 Å². The van der Waals surface area contributed by atoms with Crippen molar-refractivity contribution in [3.05, 3.63) is 53.1 Å². The van der Waals surface area contributed by atoms with Crippen molar-refractivity contribution in [2.45, 2.75) is 52.5 Å². The zero-order valence-corrected chi connectivity index (χ0v) is 16.0. The van der Waals surface area contributed by atoms with Crippen LogP contribution in [0.1, 0.15) is 67.0 Å². The molecule has 0 saturated heterocycles. The van der Waals surface area contributed by atoms with Gasteiger partial charge in [0.15, 0.2) is 0 Å². The number of hydrogen-bond donors (Lipinski definition) is 1. The Balaban J connectivity index is 1.69. The molecule has 0 aliphatic heterocycles. The Morgan fingerprint density at radius 1 is 1.30 bits per heavy atom. The van der Waals surface area contributed by atoms with Crippen LogP contribution in [-0.2, 0) is 13.0 Å². The molecule has 27 heavy (non-hydrogen) atoms. The second-order valence-electron chi connectivity index (χ2n) is 8.42. The van der Waals surface area contributed by atoms with Crippen LogP contribution >= 0.6 is 0 Å². The van der Waals surface area contributed by atoms with Gasteiger partial charge in [-0.3, -0.25) is 9.78 Å². The zero-order chi connectivity index (χ0) is 19.0. The summed E-state index contributed by atoms with van der Waals surface area (Å²) in [6, 6.07) is 7.57. The van der Waals surface area contributed by atoms with Crippen molar-refractivity contribution in [2.24, 2.45) is 5.41 Å². The molecule has 6 nitrogen and oxygen atoms in total. The third-order valence-corrected chi connectivity index (χ3v) is 4.63. The molecule has 1 aliphatic carbocycles. The van der Waals surface area contributed by atoms with Gasteiger partial charge in [-0.15, -0.1) is 0 Å². The van der Waals surface area contributed by atoms with Crippen molar-refractivity contribution in [3.63, 3.8) is 0 Å². The molecule has 3 aromatic rings. The van der Waals surface area contributed by atoms with E-state index in [-0.39, 0.29) is 11.3 Å². The minimum Gasteiger partial charge on any atom is -0.346 e. The summed E-state index contributed by atoms with van der Waals surface area (Å²) in [6.45, 7) is 6.79. The Morgan fingerprint density at radius 2 is 2.11 bits per heavy atom. The van der Waals surface area contributed by atoms with E-state index in [0.29, 0.717) is 30.2 Å². The monoisotopic (exact) mass is 364 g/mol. The summed E-state index contributed by atoms with van der Waals surface area (Å²) in [7, 11) is 0. The largest absolute Gasteiger partial charge is 0.346 e. The fourth-order valence-corrected chi connectivity index (χ4v) is 3.19. The lowest BCUT2D eigenvalue weighted by Crippen LogP contribution is -2.24. The number of fused-ring (bicyclic) bond motifs is 1. The van der Waals surface area contributed by atoms with E-state index < -0.39 is 0 Å². The number of carbonyl (C=O) groups excluding carboxylic acids is 1. The van der Waals surface area contributed by atoms with E-state index in [1.165, 1.54) is 0 Å². The highest BCUT2D eigenvalue weighted by atomic mass is 16.5. The van der Waals surface area contributed by atoms with Crippen molar-refractivity contribution in [3.8, 4) is 0 Å². The number of pyridine rings is 2. The highest BCUT2D eigenvalue weighted by Gasteiger charge is 2.29. The van der Waals surface area contributed by atoms with Gasteiger partial charge < -0.3 is 9.84 Å². The van der Waals surface area contributed by atoms with E-state index in [1.807, 2.05) is 24.3 Å². The minimum atomic E-state index is -0.145. The lowest BCUT2D eigenvalue weighted by Gasteiger charge is -2.16. The molecule has 0 atom stereocenters. The first-order valence-corrected chi connectivity index (χ1v) is 9.38. The number of nitrogens with zero attached hydrogens (tertiary/aromatic N) is 3.